The smallest absolute Gasteiger partial charge is 0.462 e. The molecule has 1 aliphatic heterocycles. The number of hydrogen-bond acceptors (Lipinski definition) is 15. The Labute approximate surface area is 406 Å². The molecule has 8 atom stereocenters. The number of phosphoric acid groups is 2. The summed E-state index contributed by atoms with van der Waals surface area (Å²) in [6.07, 6.45) is 23.4. The third-order valence-electron chi connectivity index (χ3n) is 12.4. The maximum Gasteiger partial charge on any atom is 0.481 e. The van der Waals surface area contributed by atoms with E-state index in [0.29, 0.717) is 12.8 Å². The largest absolute Gasteiger partial charge is 0.481 e. The molecule has 1 aromatic rings. The number of rotatable bonds is 42. The van der Waals surface area contributed by atoms with Gasteiger partial charge in [0.1, 0.15) is 30.7 Å². The van der Waals surface area contributed by atoms with Crippen molar-refractivity contribution in [2.75, 3.05) is 25.6 Å². The number of hydrogen-bond donors (Lipinski definition) is 5. The van der Waals surface area contributed by atoms with Crippen LogP contribution in [0, 0.1) is 11.8 Å². The van der Waals surface area contributed by atoms with Crippen LogP contribution in [0.25, 0.3) is 0 Å². The fraction of sp³-hybridized carbons (Fsp3) is 0.875. The van der Waals surface area contributed by atoms with Gasteiger partial charge in [-0.15, -0.1) is 0 Å². The number of aromatic nitrogens is 2. The van der Waals surface area contributed by atoms with Crippen molar-refractivity contribution in [3.05, 3.63) is 22.7 Å². The first kappa shape index (κ1) is 61.9. The van der Waals surface area contributed by atoms with Gasteiger partial charge in [0.25, 0.3) is 0 Å². The normalized spacial score (nSPS) is 20.0. The van der Waals surface area contributed by atoms with E-state index < -0.39 is 83.7 Å². The standard InChI is InChI=1S/C48H89N3O15P2/c1-5-39(4)30-26-22-18-14-10-8-6-7-9-11-15-20-24-28-32-44(53)64-40(35-61-43(52)31-27-23-19-16-12-13-17-21-25-29-38(2)3)36-62-67(57,58)66-68(59,60)63-37-41-45(54)46(55)47(65-41)51-34-33-42(49)50-48(51)56/h33-34,38-41,45-47,54-55H,5-32,35-37H2,1-4H3,(H,57,58)(H,59,60)(H2,49,50,56)/t39?,40-,41-,45+,46?,47-/m1/s1. The van der Waals surface area contributed by atoms with Gasteiger partial charge in [-0.1, -0.05) is 182 Å². The van der Waals surface area contributed by atoms with Crippen molar-refractivity contribution in [3.63, 3.8) is 0 Å². The predicted molar refractivity (Wildman–Crippen MR) is 261 cm³/mol. The SMILES string of the molecule is CCC(C)CCCCCCCCCCCCCCCCC(=O)O[C@H](COC(=O)CCCCCCCCCCCC(C)C)COP(=O)(O)OP(=O)(O)OC[C@H]1O[C@@H](n2ccc(N)nc2=O)C(O)[C@H]1O. The lowest BCUT2D eigenvalue weighted by atomic mass is 9.99. The molecule has 2 heterocycles. The Bertz CT molecular complexity index is 1670. The van der Waals surface area contributed by atoms with Crippen LogP contribution in [0.5, 0.6) is 0 Å². The number of nitrogens with zero attached hydrogens (tertiary/aromatic N) is 2. The Morgan fingerprint density at radius 2 is 1.18 bits per heavy atom. The van der Waals surface area contributed by atoms with E-state index in [1.54, 1.807) is 0 Å². The third-order valence-corrected chi connectivity index (χ3v) is 15.0. The van der Waals surface area contributed by atoms with Crippen molar-refractivity contribution in [1.29, 1.82) is 0 Å². The lowest BCUT2D eigenvalue weighted by molar-refractivity contribution is -0.161. The summed E-state index contributed by atoms with van der Waals surface area (Å²) in [6.45, 7) is 6.81. The first-order valence-electron chi connectivity index (χ1n) is 25.8. The van der Waals surface area contributed by atoms with Crippen molar-refractivity contribution in [3.8, 4) is 0 Å². The zero-order valence-corrected chi connectivity index (χ0v) is 43.6. The highest BCUT2D eigenvalue weighted by atomic mass is 31.3. The van der Waals surface area contributed by atoms with Gasteiger partial charge in [-0.25, -0.2) is 13.9 Å². The molecule has 0 spiro atoms. The number of aliphatic hydroxyl groups is 2. The van der Waals surface area contributed by atoms with Crippen LogP contribution in [0.2, 0.25) is 0 Å². The van der Waals surface area contributed by atoms with Crippen molar-refractivity contribution >= 4 is 33.4 Å². The van der Waals surface area contributed by atoms with Crippen molar-refractivity contribution in [2.24, 2.45) is 11.8 Å². The van der Waals surface area contributed by atoms with Gasteiger partial charge in [0, 0.05) is 19.0 Å². The van der Waals surface area contributed by atoms with Crippen molar-refractivity contribution in [2.45, 2.75) is 238 Å². The van der Waals surface area contributed by atoms with Crippen LogP contribution in [-0.2, 0) is 46.3 Å². The van der Waals surface area contributed by atoms with Gasteiger partial charge in [-0.2, -0.15) is 9.29 Å². The molecule has 0 amide bonds. The Morgan fingerprint density at radius 3 is 1.68 bits per heavy atom. The number of esters is 2. The number of phosphoric ester groups is 2. The quantitative estimate of drug-likeness (QED) is 0.0231. The highest BCUT2D eigenvalue weighted by molar-refractivity contribution is 7.61. The molecule has 20 heteroatoms. The number of unbranched alkanes of at least 4 members (excludes halogenated alkanes) is 21. The van der Waals surface area contributed by atoms with Gasteiger partial charge in [-0.3, -0.25) is 23.2 Å². The lowest BCUT2D eigenvalue weighted by Gasteiger charge is -2.21. The molecule has 6 N–H and O–H groups in total. The van der Waals surface area contributed by atoms with E-state index in [0.717, 1.165) is 67.8 Å². The molecular weight excluding hydrogens is 920 g/mol. The summed E-state index contributed by atoms with van der Waals surface area (Å²) >= 11 is 0. The van der Waals surface area contributed by atoms with E-state index in [-0.39, 0.29) is 18.7 Å². The average molecular weight is 1010 g/mol. The maximum absolute atomic E-state index is 12.9. The number of anilines is 1. The van der Waals surface area contributed by atoms with Gasteiger partial charge >= 0.3 is 33.3 Å². The van der Waals surface area contributed by atoms with Crippen LogP contribution in [0.15, 0.2) is 17.1 Å². The fourth-order valence-corrected chi connectivity index (χ4v) is 10.1. The molecule has 1 fully saturated rings. The Balaban J connectivity index is 1.78. The zero-order valence-electron chi connectivity index (χ0n) is 41.8. The van der Waals surface area contributed by atoms with E-state index in [1.807, 2.05) is 0 Å². The summed E-state index contributed by atoms with van der Waals surface area (Å²) in [5, 5.41) is 20.9. The molecule has 0 radical (unpaired) electrons. The summed E-state index contributed by atoms with van der Waals surface area (Å²) in [4.78, 5) is 61.9. The zero-order chi connectivity index (χ0) is 50.2. The number of ether oxygens (including phenoxy) is 3. The number of carbonyl (C=O) groups is 2. The summed E-state index contributed by atoms with van der Waals surface area (Å²) in [6, 6.07) is 1.25. The van der Waals surface area contributed by atoms with Crippen LogP contribution < -0.4 is 11.4 Å². The minimum Gasteiger partial charge on any atom is -0.462 e. The molecule has 1 saturated heterocycles. The Morgan fingerprint density at radius 1 is 0.706 bits per heavy atom. The second kappa shape index (κ2) is 35.8. The minimum absolute atomic E-state index is 0.0567. The molecule has 1 aliphatic rings. The van der Waals surface area contributed by atoms with Crippen LogP contribution in [0.1, 0.15) is 214 Å². The van der Waals surface area contributed by atoms with Crippen molar-refractivity contribution in [1.82, 2.24) is 9.55 Å². The number of nitrogen functional groups attached to an aromatic ring is 1. The molecule has 396 valence electrons. The summed E-state index contributed by atoms with van der Waals surface area (Å²) < 4.78 is 56.8. The van der Waals surface area contributed by atoms with Gasteiger partial charge in [0.15, 0.2) is 12.3 Å². The second-order valence-corrected chi connectivity index (χ2v) is 22.2. The second-order valence-electron chi connectivity index (χ2n) is 19.1. The molecule has 68 heavy (non-hydrogen) atoms. The topological polar surface area (TPSA) is 265 Å². The van der Waals surface area contributed by atoms with Crippen molar-refractivity contribution < 1.29 is 66.3 Å². The molecule has 2 rings (SSSR count). The molecule has 4 unspecified atom stereocenters. The van der Waals surface area contributed by atoms with Crippen LogP contribution in [0.3, 0.4) is 0 Å². The third kappa shape index (κ3) is 29.2. The van der Waals surface area contributed by atoms with E-state index in [2.05, 4.69) is 37.0 Å². The van der Waals surface area contributed by atoms with Gasteiger partial charge in [0.05, 0.1) is 13.2 Å². The van der Waals surface area contributed by atoms with E-state index in [9.17, 15) is 43.5 Å². The molecule has 0 aliphatic carbocycles. The predicted octanol–water partition coefficient (Wildman–Crippen LogP) is 10.4. The van der Waals surface area contributed by atoms with Crippen LogP contribution in [0.4, 0.5) is 5.82 Å². The highest BCUT2D eigenvalue weighted by Crippen LogP contribution is 2.60. The number of aliphatic hydroxyl groups excluding tert-OH is 2. The summed E-state index contributed by atoms with van der Waals surface area (Å²) in [7, 11) is -10.8. The minimum atomic E-state index is -5.42. The van der Waals surface area contributed by atoms with E-state index in [4.69, 9.17) is 29.0 Å². The highest BCUT2D eigenvalue weighted by Gasteiger charge is 2.46. The fourth-order valence-electron chi connectivity index (χ4n) is 8.00. The molecule has 0 bridgehead atoms. The average Bonchev–Trinajstić information content (AvgIpc) is 3.56. The van der Waals surface area contributed by atoms with E-state index >= 15 is 0 Å². The van der Waals surface area contributed by atoms with E-state index in [1.165, 1.54) is 115 Å². The lowest BCUT2D eigenvalue weighted by Crippen LogP contribution is -2.36. The van der Waals surface area contributed by atoms with Gasteiger partial charge in [-0.05, 0) is 30.7 Å². The molecule has 1 aromatic heterocycles. The summed E-state index contributed by atoms with van der Waals surface area (Å²) in [5.74, 6) is 0.305. The molecule has 0 saturated carbocycles. The van der Waals surface area contributed by atoms with Gasteiger partial charge in [0.2, 0.25) is 0 Å². The Hall–Kier alpha value is -2.24. The van der Waals surface area contributed by atoms with Crippen LogP contribution in [-0.4, -0.2) is 85.7 Å². The number of nitrogens with two attached hydrogens (primary N) is 1. The summed E-state index contributed by atoms with van der Waals surface area (Å²) in [5.41, 5.74) is 4.59. The number of carbonyl (C=O) groups excluding carboxylic acids is 2. The first-order chi connectivity index (χ1) is 32.4. The van der Waals surface area contributed by atoms with Gasteiger partial charge < -0.3 is 39.9 Å². The maximum atomic E-state index is 12.9. The first-order valence-corrected chi connectivity index (χ1v) is 28.8. The monoisotopic (exact) mass is 1010 g/mol. The molecular formula is C48H89N3O15P2. The molecule has 0 aromatic carbocycles. The Kier molecular flexibility index (Phi) is 32.6. The van der Waals surface area contributed by atoms with Crippen LogP contribution >= 0.6 is 15.6 Å². The molecule has 18 nitrogen and oxygen atoms in total.